The SMILES string of the molecule is CC[C@@H]1c2c(cc(C)nc2C(=O)Nc2ccc(F)c(-c3ncc[nH]3)c2)C(=O)N1c1ccc(-c2c(C)on(C)c2=O)cc1. The van der Waals surface area contributed by atoms with Crippen molar-refractivity contribution in [2.45, 2.75) is 33.2 Å². The highest BCUT2D eigenvalue weighted by Gasteiger charge is 2.40. The van der Waals surface area contributed by atoms with Crippen LogP contribution >= 0.6 is 0 Å². The predicted octanol–water partition coefficient (Wildman–Crippen LogP) is 5.55. The lowest BCUT2D eigenvalue weighted by Gasteiger charge is -2.25. The Labute approximate surface area is 239 Å². The lowest BCUT2D eigenvalue weighted by molar-refractivity contribution is 0.0988. The first-order valence-corrected chi connectivity index (χ1v) is 13.4. The molecule has 5 aromatic rings. The van der Waals surface area contributed by atoms with Crippen LogP contribution in [0.3, 0.4) is 0 Å². The number of imidazole rings is 1. The van der Waals surface area contributed by atoms with E-state index in [9.17, 15) is 18.8 Å². The molecule has 3 aromatic heterocycles. The van der Waals surface area contributed by atoms with E-state index in [0.29, 0.717) is 57.3 Å². The second-order valence-electron chi connectivity index (χ2n) is 10.1. The molecular formula is C31H27FN6O4. The molecule has 1 atom stereocenters. The quantitative estimate of drug-likeness (QED) is 0.278. The molecule has 212 valence electrons. The van der Waals surface area contributed by atoms with Crippen molar-refractivity contribution in [1.82, 2.24) is 19.7 Å². The minimum atomic E-state index is -0.512. The number of aryl methyl sites for hydroxylation is 3. The number of hydrogen-bond donors (Lipinski definition) is 2. The van der Waals surface area contributed by atoms with Crippen molar-refractivity contribution < 1.29 is 18.5 Å². The number of carbonyl (C=O) groups excluding carboxylic acids is 2. The zero-order valence-corrected chi connectivity index (χ0v) is 23.4. The maximum Gasteiger partial charge on any atom is 0.290 e. The average Bonchev–Trinajstić information content (AvgIpc) is 3.67. The first-order chi connectivity index (χ1) is 20.2. The van der Waals surface area contributed by atoms with Crippen LogP contribution in [0.1, 0.15) is 57.3 Å². The Morgan fingerprint density at radius 2 is 1.86 bits per heavy atom. The minimum absolute atomic E-state index is 0.130. The van der Waals surface area contributed by atoms with Gasteiger partial charge < -0.3 is 19.7 Å². The topological polar surface area (TPSA) is 126 Å². The summed E-state index contributed by atoms with van der Waals surface area (Å²) in [5.74, 6) is -0.414. The van der Waals surface area contributed by atoms with Crippen molar-refractivity contribution in [2.75, 3.05) is 10.2 Å². The van der Waals surface area contributed by atoms with Crippen molar-refractivity contribution >= 4 is 23.2 Å². The smallest absolute Gasteiger partial charge is 0.290 e. The fraction of sp³-hybridized carbons (Fsp3) is 0.194. The second-order valence-corrected chi connectivity index (χ2v) is 10.1. The van der Waals surface area contributed by atoms with Gasteiger partial charge in [-0.1, -0.05) is 19.1 Å². The summed E-state index contributed by atoms with van der Waals surface area (Å²) in [6.45, 7) is 5.39. The molecule has 1 aliphatic heterocycles. The van der Waals surface area contributed by atoms with Crippen molar-refractivity contribution in [3.05, 3.63) is 105 Å². The van der Waals surface area contributed by atoms with Gasteiger partial charge in [0.2, 0.25) is 0 Å². The molecule has 6 rings (SSSR count). The largest absolute Gasteiger partial charge is 0.381 e. The Kier molecular flexibility index (Phi) is 6.56. The summed E-state index contributed by atoms with van der Waals surface area (Å²) in [6, 6.07) is 12.6. The van der Waals surface area contributed by atoms with Crippen LogP contribution in [0.15, 0.2) is 70.2 Å². The number of H-pyrrole nitrogens is 1. The van der Waals surface area contributed by atoms with Gasteiger partial charge in [0.25, 0.3) is 17.4 Å². The number of benzene rings is 2. The lowest BCUT2D eigenvalue weighted by Crippen LogP contribution is -2.28. The number of halogens is 1. The molecule has 0 saturated heterocycles. The van der Waals surface area contributed by atoms with Crippen LogP contribution in [0.5, 0.6) is 0 Å². The molecule has 1 aliphatic rings. The van der Waals surface area contributed by atoms with E-state index in [1.807, 2.05) is 6.92 Å². The van der Waals surface area contributed by atoms with E-state index in [0.717, 1.165) is 0 Å². The summed E-state index contributed by atoms with van der Waals surface area (Å²) in [6.07, 6.45) is 3.62. The van der Waals surface area contributed by atoms with Crippen LogP contribution in [-0.4, -0.2) is 31.5 Å². The normalized spacial score (nSPS) is 14.4. The van der Waals surface area contributed by atoms with E-state index in [1.54, 1.807) is 62.3 Å². The van der Waals surface area contributed by atoms with Gasteiger partial charge in [-0.15, -0.1) is 0 Å². The zero-order chi connectivity index (χ0) is 29.7. The van der Waals surface area contributed by atoms with Crippen molar-refractivity contribution in [3.63, 3.8) is 0 Å². The van der Waals surface area contributed by atoms with Gasteiger partial charge in [-0.3, -0.25) is 14.4 Å². The van der Waals surface area contributed by atoms with Gasteiger partial charge in [0, 0.05) is 47.6 Å². The number of nitrogens with zero attached hydrogens (tertiary/aromatic N) is 4. The van der Waals surface area contributed by atoms with Crippen LogP contribution in [0.25, 0.3) is 22.5 Å². The van der Waals surface area contributed by atoms with E-state index < -0.39 is 17.8 Å². The number of anilines is 2. The molecule has 0 saturated carbocycles. The van der Waals surface area contributed by atoms with Crippen LogP contribution in [0.2, 0.25) is 0 Å². The number of fused-ring (bicyclic) bond motifs is 1. The molecule has 0 spiro atoms. The van der Waals surface area contributed by atoms with Gasteiger partial charge in [0.05, 0.1) is 17.2 Å². The summed E-state index contributed by atoms with van der Waals surface area (Å²) in [4.78, 5) is 53.1. The fourth-order valence-electron chi connectivity index (χ4n) is 5.56. The Balaban J connectivity index is 1.34. The number of carbonyl (C=O) groups is 2. The number of amides is 2. The Bertz CT molecular complexity index is 1910. The molecule has 0 radical (unpaired) electrons. The van der Waals surface area contributed by atoms with Crippen molar-refractivity contribution in [1.29, 1.82) is 0 Å². The van der Waals surface area contributed by atoms with Crippen LogP contribution < -0.4 is 15.8 Å². The van der Waals surface area contributed by atoms with E-state index in [-0.39, 0.29) is 22.7 Å². The minimum Gasteiger partial charge on any atom is -0.381 e. The van der Waals surface area contributed by atoms with Crippen molar-refractivity contribution in [2.24, 2.45) is 7.05 Å². The number of hydrogen-bond acceptors (Lipinski definition) is 6. The zero-order valence-electron chi connectivity index (χ0n) is 23.4. The van der Waals surface area contributed by atoms with Gasteiger partial charge in [-0.2, -0.15) is 4.74 Å². The van der Waals surface area contributed by atoms with Gasteiger partial charge in [0.1, 0.15) is 23.1 Å². The maximum atomic E-state index is 14.5. The molecule has 4 heterocycles. The van der Waals surface area contributed by atoms with Gasteiger partial charge in [-0.25, -0.2) is 14.4 Å². The number of rotatable bonds is 6. The molecule has 10 nitrogen and oxygen atoms in total. The second kappa shape index (κ2) is 10.3. The van der Waals surface area contributed by atoms with Crippen LogP contribution in [-0.2, 0) is 7.05 Å². The maximum absolute atomic E-state index is 14.5. The van der Waals surface area contributed by atoms with Gasteiger partial charge >= 0.3 is 0 Å². The molecule has 0 bridgehead atoms. The Morgan fingerprint density at radius 3 is 2.50 bits per heavy atom. The predicted molar refractivity (Wildman–Crippen MR) is 155 cm³/mol. The standard InChI is InChI=1S/C31H27FN6O4/c1-5-24-26-22(30(40)38(24)20-9-6-18(7-10-20)25-17(3)42-37(4)31(25)41)14-16(2)35-27(26)29(39)36-19-8-11-23(32)21(15-19)28-33-12-13-34-28/h6-15,24H,5H2,1-4H3,(H,33,34)(H,36,39)/t24-/m1/s1. The first kappa shape index (κ1) is 26.9. The average molecular weight is 567 g/mol. The summed E-state index contributed by atoms with van der Waals surface area (Å²) in [5, 5.41) is 2.82. The number of nitrogens with one attached hydrogen (secondary N) is 2. The number of pyridine rings is 1. The third kappa shape index (κ3) is 4.39. The molecule has 11 heteroatoms. The molecule has 2 N–H and O–H groups in total. The van der Waals surface area contributed by atoms with E-state index >= 15 is 0 Å². The molecule has 0 fully saturated rings. The third-order valence-electron chi connectivity index (χ3n) is 7.42. The fourth-order valence-corrected chi connectivity index (χ4v) is 5.56. The monoisotopic (exact) mass is 566 g/mol. The summed E-state index contributed by atoms with van der Waals surface area (Å²) in [7, 11) is 1.55. The Morgan fingerprint density at radius 1 is 1.10 bits per heavy atom. The first-order valence-electron chi connectivity index (χ1n) is 13.4. The number of aromatic amines is 1. The Hall–Kier alpha value is -5.32. The number of aromatic nitrogens is 4. The summed E-state index contributed by atoms with van der Waals surface area (Å²) < 4.78 is 21.1. The van der Waals surface area contributed by atoms with E-state index in [2.05, 4.69) is 20.3 Å². The molecule has 42 heavy (non-hydrogen) atoms. The van der Waals surface area contributed by atoms with Crippen molar-refractivity contribution in [3.8, 4) is 22.5 Å². The van der Waals surface area contributed by atoms with E-state index in [4.69, 9.17) is 4.52 Å². The highest BCUT2D eigenvalue weighted by molar-refractivity contribution is 6.14. The summed E-state index contributed by atoms with van der Waals surface area (Å²) >= 11 is 0. The van der Waals surface area contributed by atoms with E-state index in [1.165, 1.54) is 29.1 Å². The van der Waals surface area contributed by atoms with Gasteiger partial charge in [0.15, 0.2) is 0 Å². The highest BCUT2D eigenvalue weighted by Crippen LogP contribution is 2.41. The molecule has 0 aliphatic carbocycles. The molecule has 2 aromatic carbocycles. The molecule has 0 unspecified atom stereocenters. The van der Waals surface area contributed by atoms with Crippen LogP contribution in [0.4, 0.5) is 15.8 Å². The highest BCUT2D eigenvalue weighted by atomic mass is 19.1. The summed E-state index contributed by atoms with van der Waals surface area (Å²) in [5.41, 5.74) is 3.65. The van der Waals surface area contributed by atoms with Crippen LogP contribution in [0, 0.1) is 19.7 Å². The van der Waals surface area contributed by atoms with Gasteiger partial charge in [-0.05, 0) is 62.2 Å². The molecular weight excluding hydrogens is 539 g/mol. The third-order valence-corrected chi connectivity index (χ3v) is 7.42. The molecule has 2 amide bonds. The lowest BCUT2D eigenvalue weighted by atomic mass is 9.99.